The number of hydrogen-bond acceptors (Lipinski definition) is 4. The van der Waals surface area contributed by atoms with Crippen molar-refractivity contribution in [2.24, 2.45) is 0 Å². The van der Waals surface area contributed by atoms with Crippen LogP contribution in [0.25, 0.3) is 0 Å². The van der Waals surface area contributed by atoms with Crippen LogP contribution in [0.15, 0.2) is 41.6 Å². The summed E-state index contributed by atoms with van der Waals surface area (Å²) in [5, 5.41) is 8.83. The van der Waals surface area contributed by atoms with Crippen molar-refractivity contribution in [1.29, 1.82) is 0 Å². The van der Waals surface area contributed by atoms with E-state index in [1.54, 1.807) is 6.07 Å². The van der Waals surface area contributed by atoms with Crippen molar-refractivity contribution in [1.82, 2.24) is 9.97 Å². The highest BCUT2D eigenvalue weighted by Crippen LogP contribution is 2.17. The average Bonchev–Trinajstić information content (AvgIpc) is 2.40. The lowest BCUT2D eigenvalue weighted by atomic mass is 10.2. The molecule has 0 aliphatic carbocycles. The fourth-order valence-electron chi connectivity index (χ4n) is 1.41. The summed E-state index contributed by atoms with van der Waals surface area (Å²) in [6, 6.07) is 4.79. The van der Waals surface area contributed by atoms with E-state index < -0.39 is 22.6 Å². The Hall–Kier alpha value is -2.15. The Kier molecular flexibility index (Phi) is 3.96. The number of aromatic carboxylic acids is 1. The standard InChI is InChI=1S/C12H9FN2O3S/c13-9-3-2-8(12(16)17)6-10(9)19(18)7-11-14-4-1-5-15-11/h1-6H,7H2,(H,16,17). The number of nitrogens with zero attached hydrogens (tertiary/aromatic N) is 2. The molecule has 1 heterocycles. The molecule has 2 rings (SSSR count). The summed E-state index contributed by atoms with van der Waals surface area (Å²) in [7, 11) is -1.74. The third-order valence-corrected chi connectivity index (χ3v) is 3.63. The predicted molar refractivity (Wildman–Crippen MR) is 65.5 cm³/mol. The molecule has 0 bridgehead atoms. The molecule has 0 aliphatic rings. The van der Waals surface area contributed by atoms with Gasteiger partial charge in [-0.3, -0.25) is 4.21 Å². The quantitative estimate of drug-likeness (QED) is 0.920. The van der Waals surface area contributed by atoms with Gasteiger partial charge in [-0.05, 0) is 24.3 Å². The number of aromatic nitrogens is 2. The molecule has 1 atom stereocenters. The number of halogens is 1. The molecular formula is C12H9FN2O3S. The van der Waals surface area contributed by atoms with Gasteiger partial charge in [0.25, 0.3) is 0 Å². The maximum atomic E-state index is 13.6. The second kappa shape index (κ2) is 5.66. The zero-order valence-electron chi connectivity index (χ0n) is 9.62. The lowest BCUT2D eigenvalue weighted by Gasteiger charge is -2.04. The maximum absolute atomic E-state index is 13.6. The molecule has 98 valence electrons. The van der Waals surface area contributed by atoms with E-state index in [0.29, 0.717) is 5.82 Å². The van der Waals surface area contributed by atoms with E-state index in [1.807, 2.05) is 0 Å². The zero-order valence-corrected chi connectivity index (χ0v) is 10.4. The molecule has 5 nitrogen and oxygen atoms in total. The Morgan fingerprint density at radius 3 is 2.63 bits per heavy atom. The van der Waals surface area contributed by atoms with Crippen LogP contribution >= 0.6 is 0 Å². The van der Waals surface area contributed by atoms with Crippen molar-refractivity contribution in [2.75, 3.05) is 0 Å². The second-order valence-electron chi connectivity index (χ2n) is 3.61. The Balaban J connectivity index is 2.28. The van der Waals surface area contributed by atoms with Crippen molar-refractivity contribution in [3.63, 3.8) is 0 Å². The fraction of sp³-hybridized carbons (Fsp3) is 0.0833. The molecule has 1 aromatic heterocycles. The van der Waals surface area contributed by atoms with E-state index in [-0.39, 0.29) is 16.2 Å². The average molecular weight is 280 g/mol. The third kappa shape index (κ3) is 3.19. The number of carboxylic acids is 1. The van der Waals surface area contributed by atoms with Gasteiger partial charge in [0.1, 0.15) is 11.6 Å². The van der Waals surface area contributed by atoms with E-state index in [9.17, 15) is 13.4 Å². The minimum atomic E-state index is -1.74. The van der Waals surface area contributed by atoms with Crippen molar-refractivity contribution < 1.29 is 18.5 Å². The predicted octanol–water partition coefficient (Wildman–Crippen LogP) is 1.62. The first-order valence-corrected chi connectivity index (χ1v) is 6.57. The van der Waals surface area contributed by atoms with Crippen LogP contribution in [0.4, 0.5) is 4.39 Å². The highest BCUT2D eigenvalue weighted by molar-refractivity contribution is 7.84. The Labute approximate surface area is 110 Å². The molecule has 7 heteroatoms. The van der Waals surface area contributed by atoms with Crippen LogP contribution in [-0.2, 0) is 16.6 Å². The lowest BCUT2D eigenvalue weighted by molar-refractivity contribution is 0.0696. The molecule has 0 saturated heterocycles. The van der Waals surface area contributed by atoms with Gasteiger partial charge < -0.3 is 5.11 Å². The number of rotatable bonds is 4. The minimum absolute atomic E-state index is 0.0686. The normalized spacial score (nSPS) is 12.1. The Morgan fingerprint density at radius 2 is 2.00 bits per heavy atom. The van der Waals surface area contributed by atoms with Crippen LogP contribution in [0.5, 0.6) is 0 Å². The summed E-state index contributed by atoms with van der Waals surface area (Å²) in [4.78, 5) is 18.4. The van der Waals surface area contributed by atoms with Gasteiger partial charge in [0.2, 0.25) is 0 Å². The topological polar surface area (TPSA) is 80.1 Å². The van der Waals surface area contributed by atoms with Crippen molar-refractivity contribution >= 4 is 16.8 Å². The summed E-state index contributed by atoms with van der Waals surface area (Å²) >= 11 is 0. The summed E-state index contributed by atoms with van der Waals surface area (Å²) in [6.07, 6.45) is 2.98. The van der Waals surface area contributed by atoms with Gasteiger partial charge >= 0.3 is 5.97 Å². The van der Waals surface area contributed by atoms with Crippen molar-refractivity contribution in [2.45, 2.75) is 10.6 Å². The van der Waals surface area contributed by atoms with Gasteiger partial charge in [-0.15, -0.1) is 0 Å². The van der Waals surface area contributed by atoms with Gasteiger partial charge in [-0.25, -0.2) is 19.2 Å². The molecule has 1 unspecified atom stereocenters. The minimum Gasteiger partial charge on any atom is -0.478 e. The molecule has 0 amide bonds. The monoisotopic (exact) mass is 280 g/mol. The number of carbonyl (C=O) groups is 1. The first kappa shape index (κ1) is 13.3. The fourth-order valence-corrected chi connectivity index (χ4v) is 2.49. The van der Waals surface area contributed by atoms with Gasteiger partial charge in [-0.2, -0.15) is 0 Å². The SMILES string of the molecule is O=C(O)c1ccc(F)c(S(=O)Cc2ncccn2)c1. The van der Waals surface area contributed by atoms with Crippen molar-refractivity contribution in [3.05, 3.63) is 53.9 Å². The number of hydrogen-bond donors (Lipinski definition) is 1. The molecule has 0 aliphatic heterocycles. The number of carboxylic acid groups (broad SMARTS) is 1. The van der Waals surface area contributed by atoms with Crippen LogP contribution in [0.1, 0.15) is 16.2 Å². The third-order valence-electron chi connectivity index (χ3n) is 2.30. The van der Waals surface area contributed by atoms with Crippen LogP contribution in [0.2, 0.25) is 0 Å². The van der Waals surface area contributed by atoms with Gasteiger partial charge in [0, 0.05) is 12.4 Å². The van der Waals surface area contributed by atoms with Crippen LogP contribution in [0, 0.1) is 5.82 Å². The van der Waals surface area contributed by atoms with Crippen molar-refractivity contribution in [3.8, 4) is 0 Å². The summed E-state index contributed by atoms with van der Waals surface area (Å²) in [5.41, 5.74) is -0.112. The van der Waals surface area contributed by atoms with Gasteiger partial charge in [0.05, 0.1) is 27.0 Å². The molecule has 0 saturated carbocycles. The lowest BCUT2D eigenvalue weighted by Crippen LogP contribution is -2.05. The molecule has 2 aromatic rings. The van der Waals surface area contributed by atoms with Gasteiger partial charge in [0.15, 0.2) is 0 Å². The Morgan fingerprint density at radius 1 is 1.32 bits per heavy atom. The van der Waals surface area contributed by atoms with E-state index in [2.05, 4.69) is 9.97 Å². The van der Waals surface area contributed by atoms with Crippen LogP contribution < -0.4 is 0 Å². The highest BCUT2D eigenvalue weighted by Gasteiger charge is 2.15. The first-order valence-electron chi connectivity index (χ1n) is 5.25. The van der Waals surface area contributed by atoms with Gasteiger partial charge in [-0.1, -0.05) is 0 Å². The molecule has 0 radical (unpaired) electrons. The molecular weight excluding hydrogens is 271 g/mol. The van der Waals surface area contributed by atoms with E-state index in [1.165, 1.54) is 12.4 Å². The second-order valence-corrected chi connectivity index (χ2v) is 5.02. The molecule has 19 heavy (non-hydrogen) atoms. The van der Waals surface area contributed by atoms with E-state index in [4.69, 9.17) is 5.11 Å². The summed E-state index contributed by atoms with van der Waals surface area (Å²) in [5.74, 6) is -1.67. The van der Waals surface area contributed by atoms with Crippen LogP contribution in [0.3, 0.4) is 0 Å². The highest BCUT2D eigenvalue weighted by atomic mass is 32.2. The largest absolute Gasteiger partial charge is 0.478 e. The molecule has 0 spiro atoms. The zero-order chi connectivity index (χ0) is 13.8. The first-order chi connectivity index (χ1) is 9.08. The summed E-state index contributed by atoms with van der Waals surface area (Å²) in [6.45, 7) is 0. The van der Waals surface area contributed by atoms with E-state index >= 15 is 0 Å². The molecule has 0 fully saturated rings. The molecule has 1 aromatic carbocycles. The molecule has 1 N–H and O–H groups in total. The smallest absolute Gasteiger partial charge is 0.335 e. The maximum Gasteiger partial charge on any atom is 0.335 e. The number of benzene rings is 1. The van der Waals surface area contributed by atoms with Crippen LogP contribution in [-0.4, -0.2) is 25.3 Å². The van der Waals surface area contributed by atoms with E-state index in [0.717, 1.165) is 18.2 Å². The summed E-state index contributed by atoms with van der Waals surface area (Å²) < 4.78 is 25.6. The Bertz CT molecular complexity index is 634.